The van der Waals surface area contributed by atoms with E-state index < -0.39 is 0 Å². The smallest absolute Gasteiger partial charge is 0.135 e. The molecule has 0 radical (unpaired) electrons. The highest BCUT2D eigenvalue weighted by Gasteiger charge is 2.30. The van der Waals surface area contributed by atoms with Gasteiger partial charge in [0.2, 0.25) is 0 Å². The van der Waals surface area contributed by atoms with Crippen LogP contribution in [0.5, 0.6) is 0 Å². The van der Waals surface area contributed by atoms with Crippen molar-refractivity contribution in [3.63, 3.8) is 0 Å². The van der Waals surface area contributed by atoms with Crippen LogP contribution in [0.25, 0.3) is 16.8 Å². The van der Waals surface area contributed by atoms with Crippen molar-refractivity contribution in [3.05, 3.63) is 46.0 Å². The summed E-state index contributed by atoms with van der Waals surface area (Å²) in [4.78, 5) is 6.46. The van der Waals surface area contributed by atoms with Crippen molar-refractivity contribution in [2.75, 3.05) is 19.7 Å². The van der Waals surface area contributed by atoms with Crippen molar-refractivity contribution in [1.29, 1.82) is 5.41 Å². The summed E-state index contributed by atoms with van der Waals surface area (Å²) in [6, 6.07) is 8.19. The lowest BCUT2D eigenvalue weighted by Gasteiger charge is -2.19. The van der Waals surface area contributed by atoms with Gasteiger partial charge in [0.1, 0.15) is 16.6 Å². The van der Waals surface area contributed by atoms with Crippen LogP contribution in [-0.2, 0) is 4.74 Å². The first-order chi connectivity index (χ1) is 12.0. The second-order valence-electron chi connectivity index (χ2n) is 6.42. The maximum Gasteiger partial charge on any atom is 0.135 e. The molecular formula is C19H23N3O2S. The molecule has 1 aromatic carbocycles. The molecule has 0 saturated carbocycles. The van der Waals surface area contributed by atoms with Crippen molar-refractivity contribution in [3.8, 4) is 11.3 Å². The zero-order chi connectivity index (χ0) is 18.0. The second-order valence-corrected chi connectivity index (χ2v) is 7.27. The molecule has 2 N–H and O–H groups in total. The quantitative estimate of drug-likeness (QED) is 0.816. The van der Waals surface area contributed by atoms with E-state index in [-0.39, 0.29) is 11.9 Å². The van der Waals surface area contributed by atoms with Gasteiger partial charge in [-0.25, -0.2) is 4.98 Å². The van der Waals surface area contributed by atoms with E-state index >= 15 is 0 Å². The van der Waals surface area contributed by atoms with Crippen molar-refractivity contribution < 1.29 is 9.84 Å². The molecule has 0 saturated heterocycles. The van der Waals surface area contributed by atoms with Gasteiger partial charge in [0.25, 0.3) is 0 Å². The van der Waals surface area contributed by atoms with Crippen LogP contribution < -0.4 is 0 Å². The summed E-state index contributed by atoms with van der Waals surface area (Å²) < 4.78 is 5.55. The summed E-state index contributed by atoms with van der Waals surface area (Å²) in [5.41, 5.74) is 3.65. The number of nitrogens with one attached hydrogen (secondary N) is 1. The Balaban J connectivity index is 1.74. The van der Waals surface area contributed by atoms with Crippen molar-refractivity contribution in [2.24, 2.45) is 0 Å². The Labute approximate surface area is 152 Å². The molecular weight excluding hydrogens is 334 g/mol. The molecule has 0 amide bonds. The van der Waals surface area contributed by atoms with Crippen molar-refractivity contribution >= 4 is 22.7 Å². The molecule has 3 rings (SSSR count). The minimum atomic E-state index is 0.161. The van der Waals surface area contributed by atoms with Gasteiger partial charge in [-0.1, -0.05) is 29.8 Å². The Morgan fingerprint density at radius 1 is 1.32 bits per heavy atom. The van der Waals surface area contributed by atoms with E-state index in [9.17, 15) is 5.11 Å². The molecule has 0 bridgehead atoms. The molecule has 6 heteroatoms. The number of ether oxygens (including phenoxy) is 1. The second kappa shape index (κ2) is 7.37. The zero-order valence-electron chi connectivity index (χ0n) is 14.7. The van der Waals surface area contributed by atoms with Gasteiger partial charge in [-0.15, -0.1) is 11.3 Å². The van der Waals surface area contributed by atoms with Crippen LogP contribution in [0.3, 0.4) is 0 Å². The number of aliphatic hydroxyl groups is 1. The van der Waals surface area contributed by atoms with Crippen molar-refractivity contribution in [2.45, 2.75) is 26.9 Å². The van der Waals surface area contributed by atoms with Gasteiger partial charge in [-0.05, 0) is 20.8 Å². The third-order valence-electron chi connectivity index (χ3n) is 4.06. The molecule has 0 atom stereocenters. The highest BCUT2D eigenvalue weighted by Crippen LogP contribution is 2.32. The standard InChI is InChI=1S/C19H23N3O2S/c1-12(2)24-9-8-22-10-16(23)17(18(22)20)19-21-15(11-25-19)14-6-4-13(3)5-7-14/h4-7,11-12,20,23H,8-10H2,1-3H3. The number of nitrogens with zero attached hydrogens (tertiary/aromatic N) is 2. The third-order valence-corrected chi connectivity index (χ3v) is 4.92. The van der Waals surface area contributed by atoms with E-state index in [2.05, 4.69) is 24.0 Å². The summed E-state index contributed by atoms with van der Waals surface area (Å²) >= 11 is 1.46. The number of aryl methyl sites for hydroxylation is 1. The van der Waals surface area contributed by atoms with Crippen LogP contribution in [0.1, 0.15) is 24.4 Å². The molecule has 0 unspecified atom stereocenters. The molecule has 132 valence electrons. The molecule has 0 fully saturated rings. The molecule has 0 spiro atoms. The third kappa shape index (κ3) is 3.91. The molecule has 1 aromatic heterocycles. The molecule has 1 aliphatic heterocycles. The fraction of sp³-hybridized carbons (Fsp3) is 0.368. The number of benzene rings is 1. The molecule has 2 heterocycles. The van der Waals surface area contributed by atoms with Gasteiger partial charge in [-0.3, -0.25) is 5.41 Å². The fourth-order valence-corrected chi connectivity index (χ4v) is 3.59. The normalized spacial score (nSPS) is 14.9. The maximum absolute atomic E-state index is 10.3. The van der Waals surface area contributed by atoms with Gasteiger partial charge in [0.05, 0.1) is 30.5 Å². The lowest BCUT2D eigenvalue weighted by atomic mass is 10.1. The van der Waals surface area contributed by atoms with Crippen molar-refractivity contribution in [1.82, 2.24) is 9.88 Å². The van der Waals surface area contributed by atoms with E-state index in [1.165, 1.54) is 16.9 Å². The fourth-order valence-electron chi connectivity index (χ4n) is 2.69. The van der Waals surface area contributed by atoms with E-state index in [4.69, 9.17) is 10.1 Å². The summed E-state index contributed by atoms with van der Waals surface area (Å²) in [5.74, 6) is 0.522. The van der Waals surface area contributed by atoms with Gasteiger partial charge >= 0.3 is 0 Å². The summed E-state index contributed by atoms with van der Waals surface area (Å²) in [6.45, 7) is 7.48. The zero-order valence-corrected chi connectivity index (χ0v) is 15.6. The van der Waals surface area contributed by atoms with Gasteiger partial charge < -0.3 is 14.7 Å². The molecule has 0 aliphatic carbocycles. The Morgan fingerprint density at radius 2 is 2.04 bits per heavy atom. The first-order valence-corrected chi connectivity index (χ1v) is 9.24. The van der Waals surface area contributed by atoms with E-state index in [0.717, 1.165) is 11.3 Å². The van der Waals surface area contributed by atoms with Crippen LogP contribution in [0, 0.1) is 12.3 Å². The van der Waals surface area contributed by atoms with Crippen LogP contribution in [0.2, 0.25) is 0 Å². The SMILES string of the molecule is Cc1ccc(-c2csc(C3=C(O)CN(CCOC(C)C)C3=N)n2)cc1. The average molecular weight is 357 g/mol. The number of rotatable bonds is 6. The van der Waals surface area contributed by atoms with Crippen LogP contribution >= 0.6 is 11.3 Å². The number of amidine groups is 1. The Hall–Kier alpha value is -2.18. The predicted octanol–water partition coefficient (Wildman–Crippen LogP) is 4.11. The average Bonchev–Trinajstić information content (AvgIpc) is 3.13. The minimum Gasteiger partial charge on any atom is -0.510 e. The maximum atomic E-state index is 10.3. The lowest BCUT2D eigenvalue weighted by Crippen LogP contribution is -2.30. The van der Waals surface area contributed by atoms with Crippen LogP contribution in [-0.4, -0.2) is 46.6 Å². The lowest BCUT2D eigenvalue weighted by molar-refractivity contribution is 0.0705. The summed E-state index contributed by atoms with van der Waals surface area (Å²) in [6.07, 6.45) is 0.161. The number of aliphatic hydroxyl groups excluding tert-OH is 1. The van der Waals surface area contributed by atoms with E-state index in [1.807, 2.05) is 36.3 Å². The van der Waals surface area contributed by atoms with Gasteiger partial charge in [0, 0.05) is 17.5 Å². The molecule has 25 heavy (non-hydrogen) atoms. The number of hydrogen-bond donors (Lipinski definition) is 2. The number of thiazole rings is 1. The summed E-state index contributed by atoms with van der Waals surface area (Å²) in [5, 5.41) is 21.4. The molecule has 2 aromatic rings. The van der Waals surface area contributed by atoms with E-state index in [0.29, 0.717) is 36.1 Å². The minimum absolute atomic E-state index is 0.161. The largest absolute Gasteiger partial charge is 0.510 e. The monoisotopic (exact) mass is 357 g/mol. The molecule has 5 nitrogen and oxygen atoms in total. The first kappa shape index (κ1) is 17.6. The van der Waals surface area contributed by atoms with Crippen LogP contribution in [0.4, 0.5) is 0 Å². The molecule has 1 aliphatic rings. The topological polar surface area (TPSA) is 69.4 Å². The Bertz CT molecular complexity index is 793. The van der Waals surface area contributed by atoms with E-state index in [1.54, 1.807) is 0 Å². The number of hydrogen-bond acceptors (Lipinski definition) is 5. The van der Waals surface area contributed by atoms with Gasteiger partial charge in [-0.2, -0.15) is 0 Å². The summed E-state index contributed by atoms with van der Waals surface area (Å²) in [7, 11) is 0. The Morgan fingerprint density at radius 3 is 2.72 bits per heavy atom. The number of aromatic nitrogens is 1. The predicted molar refractivity (Wildman–Crippen MR) is 102 cm³/mol. The highest BCUT2D eigenvalue weighted by atomic mass is 32.1. The Kier molecular flexibility index (Phi) is 5.20. The van der Waals surface area contributed by atoms with Gasteiger partial charge in [0.15, 0.2) is 0 Å². The first-order valence-electron chi connectivity index (χ1n) is 8.36. The van der Waals surface area contributed by atoms with Crippen LogP contribution in [0.15, 0.2) is 35.4 Å². The highest BCUT2D eigenvalue weighted by molar-refractivity contribution is 7.11.